The van der Waals surface area contributed by atoms with Crippen LogP contribution in [0.2, 0.25) is 0 Å². The monoisotopic (exact) mass is 495 g/mol. The Hall–Kier alpha value is -2.71. The number of aryl methyl sites for hydroxylation is 3. The maximum absolute atomic E-state index is 13.3. The molecule has 0 N–H and O–H groups in total. The summed E-state index contributed by atoms with van der Waals surface area (Å²) in [5.74, 6) is -0.944. The summed E-state index contributed by atoms with van der Waals surface area (Å²) in [6.07, 6.45) is 5.31. The Balaban J connectivity index is 1.20. The number of piperidine rings is 1. The molecule has 35 heavy (non-hydrogen) atoms. The minimum atomic E-state index is -3.57. The lowest BCUT2D eigenvalue weighted by Gasteiger charge is -2.41. The number of fused-ring (bicyclic) bond motifs is 1. The van der Waals surface area contributed by atoms with Gasteiger partial charge in [-0.1, -0.05) is 35.9 Å². The summed E-state index contributed by atoms with van der Waals surface area (Å²) in [4.78, 5) is 29.4. The molecule has 3 aliphatic rings. The van der Waals surface area contributed by atoms with Crippen LogP contribution in [0.15, 0.2) is 47.4 Å². The number of carbonyl (C=O) groups excluding carboxylic acids is 2. The number of rotatable bonds is 5. The van der Waals surface area contributed by atoms with Gasteiger partial charge in [0.05, 0.1) is 4.90 Å². The first kappa shape index (κ1) is 24.0. The van der Waals surface area contributed by atoms with Crippen molar-refractivity contribution in [2.24, 2.45) is 0 Å². The molecule has 8 heteroatoms. The number of hydrogen-bond donors (Lipinski definition) is 0. The van der Waals surface area contributed by atoms with E-state index < -0.39 is 21.8 Å². The van der Waals surface area contributed by atoms with Crippen LogP contribution in [0.3, 0.4) is 0 Å². The first-order valence-corrected chi connectivity index (χ1v) is 14.0. The average molecular weight is 496 g/mol. The van der Waals surface area contributed by atoms with Crippen molar-refractivity contribution < 1.29 is 18.0 Å². The van der Waals surface area contributed by atoms with Crippen LogP contribution < -0.4 is 0 Å². The Bertz CT molecular complexity index is 1220. The van der Waals surface area contributed by atoms with Crippen LogP contribution in [0.4, 0.5) is 0 Å². The van der Waals surface area contributed by atoms with Crippen molar-refractivity contribution in [3.63, 3.8) is 0 Å². The fourth-order valence-corrected chi connectivity index (χ4v) is 7.04. The third-order valence-corrected chi connectivity index (χ3v) is 9.55. The molecule has 2 aliphatic heterocycles. The highest BCUT2D eigenvalue weighted by Crippen LogP contribution is 2.28. The zero-order valence-corrected chi connectivity index (χ0v) is 21.1. The van der Waals surface area contributed by atoms with Gasteiger partial charge in [-0.05, 0) is 74.3 Å². The third kappa shape index (κ3) is 4.86. The number of piperazine rings is 1. The SMILES string of the molecule is Cc1ccc(CN2CCN(C3CCN(S(=O)(=O)c4ccc5c(c4)CCCC5)CC3)C(=O)C2=O)cc1. The van der Waals surface area contributed by atoms with Gasteiger partial charge in [-0.15, -0.1) is 0 Å². The van der Waals surface area contributed by atoms with E-state index in [1.54, 1.807) is 15.9 Å². The first-order chi connectivity index (χ1) is 16.8. The van der Waals surface area contributed by atoms with Crippen molar-refractivity contribution in [2.45, 2.75) is 62.9 Å². The molecule has 0 spiro atoms. The standard InChI is InChI=1S/C27H33N3O4S/c1-20-6-8-21(9-7-20)19-28-16-17-30(27(32)26(28)31)24-12-14-29(15-13-24)35(33,34)25-11-10-22-4-2-3-5-23(22)18-25/h6-11,18,24H,2-5,12-17,19H2,1H3. The van der Waals surface area contributed by atoms with E-state index in [4.69, 9.17) is 0 Å². The molecule has 5 rings (SSSR count). The molecule has 186 valence electrons. The smallest absolute Gasteiger partial charge is 0.312 e. The zero-order valence-electron chi connectivity index (χ0n) is 20.3. The Labute approximate surface area is 207 Å². The van der Waals surface area contributed by atoms with E-state index in [1.807, 2.05) is 43.3 Å². The molecule has 1 aliphatic carbocycles. The molecular formula is C27H33N3O4S. The van der Waals surface area contributed by atoms with Gasteiger partial charge < -0.3 is 9.80 Å². The van der Waals surface area contributed by atoms with Crippen molar-refractivity contribution in [3.05, 3.63) is 64.7 Å². The van der Waals surface area contributed by atoms with E-state index >= 15 is 0 Å². The number of sulfonamides is 1. The molecule has 0 atom stereocenters. The van der Waals surface area contributed by atoms with Gasteiger partial charge in [0.1, 0.15) is 0 Å². The van der Waals surface area contributed by atoms with Gasteiger partial charge >= 0.3 is 11.8 Å². The Morgan fingerprint density at radius 2 is 1.51 bits per heavy atom. The van der Waals surface area contributed by atoms with Crippen LogP contribution in [0.1, 0.15) is 47.9 Å². The fraction of sp³-hybridized carbons (Fsp3) is 0.481. The van der Waals surface area contributed by atoms with Crippen LogP contribution in [0.5, 0.6) is 0 Å². The molecule has 2 amide bonds. The normalized spacial score (nSPS) is 20.3. The number of hydrogen-bond acceptors (Lipinski definition) is 4. The minimum Gasteiger partial charge on any atom is -0.330 e. The van der Waals surface area contributed by atoms with Crippen LogP contribution in [-0.4, -0.2) is 66.6 Å². The molecule has 2 fully saturated rings. The largest absolute Gasteiger partial charge is 0.330 e. The second kappa shape index (κ2) is 9.74. The van der Waals surface area contributed by atoms with Gasteiger partial charge in [0, 0.05) is 38.8 Å². The van der Waals surface area contributed by atoms with Crippen molar-refractivity contribution >= 4 is 21.8 Å². The van der Waals surface area contributed by atoms with Crippen LogP contribution in [0, 0.1) is 6.92 Å². The van der Waals surface area contributed by atoms with Gasteiger partial charge in [-0.3, -0.25) is 9.59 Å². The van der Waals surface area contributed by atoms with E-state index in [1.165, 1.54) is 9.87 Å². The first-order valence-electron chi connectivity index (χ1n) is 12.6. The maximum Gasteiger partial charge on any atom is 0.312 e. The van der Waals surface area contributed by atoms with Crippen molar-refractivity contribution in [1.29, 1.82) is 0 Å². The second-order valence-electron chi connectivity index (χ2n) is 9.98. The third-order valence-electron chi connectivity index (χ3n) is 7.66. The van der Waals surface area contributed by atoms with Crippen molar-refractivity contribution in [3.8, 4) is 0 Å². The highest BCUT2D eigenvalue weighted by molar-refractivity contribution is 7.89. The van der Waals surface area contributed by atoms with E-state index in [0.717, 1.165) is 42.4 Å². The van der Waals surface area contributed by atoms with Crippen LogP contribution >= 0.6 is 0 Å². The Morgan fingerprint density at radius 3 is 2.23 bits per heavy atom. The van der Waals surface area contributed by atoms with E-state index in [9.17, 15) is 18.0 Å². The fourth-order valence-electron chi connectivity index (χ4n) is 5.52. The highest BCUT2D eigenvalue weighted by atomic mass is 32.2. The summed E-state index contributed by atoms with van der Waals surface area (Å²) in [5, 5.41) is 0. The van der Waals surface area contributed by atoms with Crippen molar-refractivity contribution in [2.75, 3.05) is 26.2 Å². The number of carbonyl (C=O) groups is 2. The van der Waals surface area contributed by atoms with Crippen LogP contribution in [0.25, 0.3) is 0 Å². The Morgan fingerprint density at radius 1 is 0.829 bits per heavy atom. The predicted molar refractivity (Wildman–Crippen MR) is 133 cm³/mol. The molecule has 0 aromatic heterocycles. The highest BCUT2D eigenvalue weighted by Gasteiger charge is 2.39. The lowest BCUT2D eigenvalue weighted by atomic mass is 9.92. The quantitative estimate of drug-likeness (QED) is 0.598. The summed E-state index contributed by atoms with van der Waals surface area (Å²) in [5.41, 5.74) is 4.57. The van der Waals surface area contributed by atoms with E-state index in [2.05, 4.69) is 0 Å². The molecular weight excluding hydrogens is 462 g/mol. The summed E-state index contributed by atoms with van der Waals surface area (Å²) < 4.78 is 28.1. The molecule has 7 nitrogen and oxygen atoms in total. The number of nitrogens with zero attached hydrogens (tertiary/aromatic N) is 3. The molecule has 0 bridgehead atoms. The summed E-state index contributed by atoms with van der Waals surface area (Å²) in [7, 11) is -3.57. The lowest BCUT2D eigenvalue weighted by molar-refractivity contribution is -0.158. The zero-order chi connectivity index (χ0) is 24.6. The molecule has 2 aromatic rings. The van der Waals surface area contributed by atoms with Crippen molar-refractivity contribution in [1.82, 2.24) is 14.1 Å². The lowest BCUT2D eigenvalue weighted by Crippen LogP contribution is -2.58. The maximum atomic E-state index is 13.3. The molecule has 2 aromatic carbocycles. The van der Waals surface area contributed by atoms with Gasteiger partial charge in [0.15, 0.2) is 0 Å². The van der Waals surface area contributed by atoms with E-state index in [0.29, 0.717) is 50.5 Å². The minimum absolute atomic E-state index is 0.108. The van der Waals surface area contributed by atoms with Gasteiger partial charge in [-0.25, -0.2) is 8.42 Å². The molecule has 0 radical (unpaired) electrons. The average Bonchev–Trinajstić information content (AvgIpc) is 2.88. The summed E-state index contributed by atoms with van der Waals surface area (Å²) in [6.45, 7) is 4.13. The number of benzene rings is 2. The summed E-state index contributed by atoms with van der Waals surface area (Å²) >= 11 is 0. The molecule has 2 heterocycles. The summed E-state index contributed by atoms with van der Waals surface area (Å²) in [6, 6.07) is 13.4. The second-order valence-corrected chi connectivity index (χ2v) is 11.9. The molecule has 0 unspecified atom stereocenters. The predicted octanol–water partition coefficient (Wildman–Crippen LogP) is 2.90. The topological polar surface area (TPSA) is 78.0 Å². The van der Waals surface area contributed by atoms with Gasteiger partial charge in [-0.2, -0.15) is 4.31 Å². The van der Waals surface area contributed by atoms with Gasteiger partial charge in [0.2, 0.25) is 10.0 Å². The van der Waals surface area contributed by atoms with E-state index in [-0.39, 0.29) is 6.04 Å². The van der Waals surface area contributed by atoms with Gasteiger partial charge in [0.25, 0.3) is 0 Å². The molecule has 2 saturated heterocycles. The molecule has 0 saturated carbocycles. The Kier molecular flexibility index (Phi) is 6.68. The van der Waals surface area contributed by atoms with Crippen LogP contribution in [-0.2, 0) is 39.0 Å². The number of amides is 2.